The Balaban J connectivity index is 1.64. The number of carbonyl (C=O) groups excluding carboxylic acids is 1. The first kappa shape index (κ1) is 15.3. The van der Waals surface area contributed by atoms with E-state index in [2.05, 4.69) is 10.2 Å². The molecule has 1 saturated carbocycles. The molecule has 3 rings (SSSR count). The van der Waals surface area contributed by atoms with Crippen LogP contribution in [0.25, 0.3) is 10.9 Å². The molecule has 118 valence electrons. The predicted molar refractivity (Wildman–Crippen MR) is 85.7 cm³/mol. The van der Waals surface area contributed by atoms with Gasteiger partial charge in [-0.05, 0) is 49.8 Å². The van der Waals surface area contributed by atoms with Gasteiger partial charge in [-0.25, -0.2) is 0 Å². The van der Waals surface area contributed by atoms with E-state index in [1.807, 2.05) is 12.1 Å². The van der Waals surface area contributed by atoms with E-state index in [-0.39, 0.29) is 12.1 Å². The Morgan fingerprint density at radius 2 is 2.18 bits per heavy atom. The molecule has 0 saturated heterocycles. The van der Waals surface area contributed by atoms with Gasteiger partial charge in [-0.15, -0.1) is 0 Å². The molecule has 0 spiro atoms. The first-order chi connectivity index (χ1) is 10.6. The molecule has 6 heteroatoms. The van der Waals surface area contributed by atoms with Crippen LogP contribution in [-0.2, 0) is 16.0 Å². The summed E-state index contributed by atoms with van der Waals surface area (Å²) in [6, 6.07) is 3.09. The van der Waals surface area contributed by atoms with Crippen molar-refractivity contribution in [3.63, 3.8) is 0 Å². The number of H-pyrrole nitrogens is 1. The first-order valence-electron chi connectivity index (χ1n) is 7.71. The van der Waals surface area contributed by atoms with Gasteiger partial charge in [0.15, 0.2) is 0 Å². The Morgan fingerprint density at radius 1 is 1.41 bits per heavy atom. The Hall–Kier alpha value is -1.59. The Labute approximate surface area is 134 Å². The summed E-state index contributed by atoms with van der Waals surface area (Å²) in [6.07, 6.45) is 7.52. The smallest absolute Gasteiger partial charge is 0.323 e. The number of nitrogens with two attached hydrogens (primary N) is 1. The number of hydrogen-bond acceptors (Lipinski definition) is 4. The number of rotatable bonds is 4. The van der Waals surface area contributed by atoms with Crippen LogP contribution >= 0.6 is 11.6 Å². The SMILES string of the molecule is NC(Cc1cc(Cl)c2[nH]ncc2c1)C(=O)OC1CCCCC1. The van der Waals surface area contributed by atoms with Gasteiger partial charge in [0.05, 0.1) is 16.7 Å². The van der Waals surface area contributed by atoms with E-state index >= 15 is 0 Å². The summed E-state index contributed by atoms with van der Waals surface area (Å²) in [5.41, 5.74) is 7.70. The summed E-state index contributed by atoms with van der Waals surface area (Å²) in [5, 5.41) is 8.30. The van der Waals surface area contributed by atoms with Crippen LogP contribution in [0.2, 0.25) is 5.02 Å². The summed E-state index contributed by atoms with van der Waals surface area (Å²) < 4.78 is 5.51. The zero-order valence-electron chi connectivity index (χ0n) is 12.3. The summed E-state index contributed by atoms with van der Waals surface area (Å²) in [7, 11) is 0. The molecule has 0 radical (unpaired) electrons. The summed E-state index contributed by atoms with van der Waals surface area (Å²) in [5.74, 6) is -0.324. The highest BCUT2D eigenvalue weighted by molar-refractivity contribution is 6.35. The predicted octanol–water partition coefficient (Wildman–Crippen LogP) is 2.96. The van der Waals surface area contributed by atoms with E-state index in [4.69, 9.17) is 22.1 Å². The summed E-state index contributed by atoms with van der Waals surface area (Å²) in [6.45, 7) is 0. The lowest BCUT2D eigenvalue weighted by molar-refractivity contribution is -0.152. The molecular formula is C16H20ClN3O2. The molecule has 0 aliphatic heterocycles. The van der Waals surface area contributed by atoms with E-state index in [9.17, 15) is 4.79 Å². The van der Waals surface area contributed by atoms with Gasteiger partial charge in [0.1, 0.15) is 12.1 Å². The number of hydrogen-bond donors (Lipinski definition) is 2. The third kappa shape index (κ3) is 3.42. The molecule has 22 heavy (non-hydrogen) atoms. The van der Waals surface area contributed by atoms with Gasteiger partial charge in [0, 0.05) is 5.39 Å². The maximum Gasteiger partial charge on any atom is 0.323 e. The van der Waals surface area contributed by atoms with Crippen molar-refractivity contribution in [3.05, 3.63) is 28.9 Å². The van der Waals surface area contributed by atoms with Gasteiger partial charge in [0.25, 0.3) is 0 Å². The second-order valence-electron chi connectivity index (χ2n) is 5.92. The number of nitrogens with zero attached hydrogens (tertiary/aromatic N) is 1. The fraction of sp³-hybridized carbons (Fsp3) is 0.500. The normalized spacial score (nSPS) is 17.5. The first-order valence-corrected chi connectivity index (χ1v) is 8.09. The average Bonchev–Trinajstić information content (AvgIpc) is 2.97. The van der Waals surface area contributed by atoms with Crippen LogP contribution in [0.4, 0.5) is 0 Å². The monoisotopic (exact) mass is 321 g/mol. The van der Waals surface area contributed by atoms with Crippen LogP contribution in [-0.4, -0.2) is 28.3 Å². The molecule has 1 aromatic carbocycles. The molecule has 1 aliphatic carbocycles. The lowest BCUT2D eigenvalue weighted by atomic mass is 9.97. The van der Waals surface area contributed by atoms with Crippen molar-refractivity contribution in [1.82, 2.24) is 10.2 Å². The van der Waals surface area contributed by atoms with Crippen LogP contribution in [0.15, 0.2) is 18.3 Å². The molecule has 0 bridgehead atoms. The minimum absolute atomic E-state index is 0.0345. The number of esters is 1. The lowest BCUT2D eigenvalue weighted by Crippen LogP contribution is -2.37. The van der Waals surface area contributed by atoms with E-state index in [0.717, 1.165) is 42.1 Å². The molecule has 1 fully saturated rings. The van der Waals surface area contributed by atoms with Gasteiger partial charge >= 0.3 is 5.97 Å². The van der Waals surface area contributed by atoms with Gasteiger partial charge in [-0.1, -0.05) is 18.0 Å². The topological polar surface area (TPSA) is 81.0 Å². The zero-order valence-corrected chi connectivity index (χ0v) is 13.1. The van der Waals surface area contributed by atoms with Crippen LogP contribution in [0, 0.1) is 0 Å². The van der Waals surface area contributed by atoms with Gasteiger partial charge in [0.2, 0.25) is 0 Å². The second-order valence-corrected chi connectivity index (χ2v) is 6.33. The maximum absolute atomic E-state index is 12.1. The number of nitrogens with one attached hydrogen (secondary N) is 1. The molecule has 3 N–H and O–H groups in total. The number of halogens is 1. The Morgan fingerprint density at radius 3 is 2.95 bits per heavy atom. The van der Waals surface area contributed by atoms with Crippen molar-refractivity contribution in [1.29, 1.82) is 0 Å². The molecule has 1 aromatic heterocycles. The highest BCUT2D eigenvalue weighted by atomic mass is 35.5. The molecule has 0 amide bonds. The minimum Gasteiger partial charge on any atom is -0.461 e. The quantitative estimate of drug-likeness (QED) is 0.848. The van der Waals surface area contributed by atoms with Crippen molar-refractivity contribution in [2.75, 3.05) is 0 Å². The van der Waals surface area contributed by atoms with Gasteiger partial charge in [-0.3, -0.25) is 9.89 Å². The number of benzene rings is 1. The number of aromatic amines is 1. The van der Waals surface area contributed by atoms with E-state index in [0.29, 0.717) is 11.4 Å². The van der Waals surface area contributed by atoms with E-state index in [1.165, 1.54) is 6.42 Å². The van der Waals surface area contributed by atoms with Crippen LogP contribution in [0.5, 0.6) is 0 Å². The van der Waals surface area contributed by atoms with Crippen molar-refractivity contribution in [2.24, 2.45) is 5.73 Å². The standard InChI is InChI=1S/C16H20ClN3O2/c17-13-7-10(6-11-9-19-20-15(11)13)8-14(18)16(21)22-12-4-2-1-3-5-12/h6-7,9,12,14H,1-5,8,18H2,(H,19,20). The van der Waals surface area contributed by atoms with Crippen LogP contribution in [0.1, 0.15) is 37.7 Å². The lowest BCUT2D eigenvalue weighted by Gasteiger charge is -2.23. The molecule has 1 aliphatic rings. The van der Waals surface area contributed by atoms with Gasteiger partial charge < -0.3 is 10.5 Å². The Kier molecular flexibility index (Phi) is 4.64. The fourth-order valence-corrected chi connectivity index (χ4v) is 3.25. The molecule has 1 heterocycles. The number of fused-ring (bicyclic) bond motifs is 1. The highest BCUT2D eigenvalue weighted by Gasteiger charge is 2.22. The highest BCUT2D eigenvalue weighted by Crippen LogP contribution is 2.24. The molecule has 5 nitrogen and oxygen atoms in total. The maximum atomic E-state index is 12.1. The van der Waals surface area contributed by atoms with Crippen molar-refractivity contribution in [3.8, 4) is 0 Å². The second kappa shape index (κ2) is 6.67. The molecular weight excluding hydrogens is 302 g/mol. The number of aromatic nitrogens is 2. The van der Waals surface area contributed by atoms with E-state index < -0.39 is 6.04 Å². The minimum atomic E-state index is -0.664. The van der Waals surface area contributed by atoms with Crippen molar-refractivity contribution >= 4 is 28.5 Å². The third-order valence-electron chi connectivity index (χ3n) is 4.15. The van der Waals surface area contributed by atoms with Crippen molar-refractivity contribution < 1.29 is 9.53 Å². The summed E-state index contributed by atoms with van der Waals surface area (Å²) in [4.78, 5) is 12.1. The zero-order chi connectivity index (χ0) is 15.5. The molecule has 2 aromatic rings. The molecule has 1 unspecified atom stereocenters. The van der Waals surface area contributed by atoms with Crippen molar-refractivity contribution in [2.45, 2.75) is 50.7 Å². The summed E-state index contributed by atoms with van der Waals surface area (Å²) >= 11 is 6.19. The van der Waals surface area contributed by atoms with Gasteiger partial charge in [-0.2, -0.15) is 5.10 Å². The average molecular weight is 322 g/mol. The largest absolute Gasteiger partial charge is 0.461 e. The fourth-order valence-electron chi connectivity index (χ4n) is 2.96. The van der Waals surface area contributed by atoms with Crippen LogP contribution < -0.4 is 5.73 Å². The third-order valence-corrected chi connectivity index (χ3v) is 4.45. The number of ether oxygens (including phenoxy) is 1. The van der Waals surface area contributed by atoms with E-state index in [1.54, 1.807) is 6.20 Å². The molecule has 1 atom stereocenters. The Bertz CT molecular complexity index is 664. The van der Waals surface area contributed by atoms with Crippen LogP contribution in [0.3, 0.4) is 0 Å². The number of carbonyl (C=O) groups is 1.